The zero-order valence-electron chi connectivity index (χ0n) is 17.5. The second-order valence-corrected chi connectivity index (χ2v) is 8.89. The van der Waals surface area contributed by atoms with E-state index in [1.54, 1.807) is 0 Å². The summed E-state index contributed by atoms with van der Waals surface area (Å²) in [6, 6.07) is 9.37. The Morgan fingerprint density at radius 2 is 1.59 bits per heavy atom. The Hall–Kier alpha value is -3.85. The average molecular weight is 481 g/mol. The van der Waals surface area contributed by atoms with E-state index in [1.807, 2.05) is 12.2 Å². The molecule has 1 saturated carbocycles. The molecule has 4 atom stereocenters. The minimum absolute atomic E-state index is 0.0145. The van der Waals surface area contributed by atoms with Gasteiger partial charge in [-0.25, -0.2) is 4.79 Å². The molecule has 0 unspecified atom stereocenters. The zero-order chi connectivity index (χ0) is 24.1. The largest absolute Gasteiger partial charge is 0.454 e. The quantitative estimate of drug-likeness (QED) is 0.154. The van der Waals surface area contributed by atoms with Crippen molar-refractivity contribution in [3.63, 3.8) is 0 Å². The summed E-state index contributed by atoms with van der Waals surface area (Å²) in [5, 5.41) is 10.9. The summed E-state index contributed by atoms with van der Waals surface area (Å²) in [6.07, 6.45) is 4.87. The monoisotopic (exact) mass is 480 g/mol. The van der Waals surface area contributed by atoms with Crippen LogP contribution in [-0.2, 0) is 14.3 Å². The lowest BCUT2D eigenvalue weighted by molar-refractivity contribution is -0.384. The van der Waals surface area contributed by atoms with Crippen LogP contribution < -0.4 is 4.90 Å². The molecule has 34 heavy (non-hydrogen) atoms. The average Bonchev–Trinajstić information content (AvgIpc) is 3.51. The second-order valence-electron chi connectivity index (χ2n) is 8.48. The maximum atomic E-state index is 12.9. The number of carbonyl (C=O) groups excluding carboxylic acids is 4. The van der Waals surface area contributed by atoms with E-state index in [1.165, 1.54) is 41.3 Å². The first kappa shape index (κ1) is 22.0. The molecule has 2 amide bonds. The number of fused-ring (bicyclic) bond motifs is 5. The van der Waals surface area contributed by atoms with Gasteiger partial charge in [-0.2, -0.15) is 0 Å². The molecule has 0 radical (unpaired) electrons. The first-order valence-corrected chi connectivity index (χ1v) is 10.9. The first-order valence-electron chi connectivity index (χ1n) is 10.6. The number of nitro groups is 1. The zero-order valence-corrected chi connectivity index (χ0v) is 18.3. The molecule has 9 nitrogen and oxygen atoms in total. The molecule has 2 aliphatic carbocycles. The van der Waals surface area contributed by atoms with E-state index in [0.717, 1.165) is 12.5 Å². The molecule has 0 N–H and O–H groups in total. The van der Waals surface area contributed by atoms with Gasteiger partial charge in [-0.1, -0.05) is 23.8 Å². The van der Waals surface area contributed by atoms with Crippen LogP contribution >= 0.6 is 11.6 Å². The van der Waals surface area contributed by atoms with Gasteiger partial charge in [-0.05, 0) is 54.7 Å². The smallest absolute Gasteiger partial charge is 0.338 e. The van der Waals surface area contributed by atoms with E-state index in [0.29, 0.717) is 5.69 Å². The van der Waals surface area contributed by atoms with Gasteiger partial charge < -0.3 is 4.74 Å². The van der Waals surface area contributed by atoms with Gasteiger partial charge in [0.1, 0.15) is 5.02 Å². The fourth-order valence-corrected chi connectivity index (χ4v) is 5.21. The molecule has 1 heterocycles. The number of nitro benzene ring substituents is 1. The number of benzene rings is 2. The summed E-state index contributed by atoms with van der Waals surface area (Å²) >= 11 is 5.74. The number of esters is 1. The number of ether oxygens (including phenoxy) is 1. The summed E-state index contributed by atoms with van der Waals surface area (Å²) in [6.45, 7) is -0.623. The Morgan fingerprint density at radius 1 is 1.00 bits per heavy atom. The summed E-state index contributed by atoms with van der Waals surface area (Å²) in [5.74, 6) is -2.29. The Morgan fingerprint density at radius 3 is 2.18 bits per heavy atom. The third kappa shape index (κ3) is 3.49. The Bertz CT molecular complexity index is 1260. The molecule has 3 aliphatic rings. The summed E-state index contributed by atoms with van der Waals surface area (Å²) in [4.78, 5) is 61.9. The third-order valence-electron chi connectivity index (χ3n) is 6.63. The fourth-order valence-electron chi connectivity index (χ4n) is 5.03. The summed E-state index contributed by atoms with van der Waals surface area (Å²) in [5.41, 5.74) is 0.0669. The van der Waals surface area contributed by atoms with Crippen LogP contribution in [0.25, 0.3) is 0 Å². The van der Waals surface area contributed by atoms with Gasteiger partial charge in [-0.15, -0.1) is 0 Å². The van der Waals surface area contributed by atoms with Gasteiger partial charge in [0.25, 0.3) is 5.69 Å². The number of hydrogen-bond acceptors (Lipinski definition) is 7. The number of Topliss-reactive ketones (excluding diaryl/α,β-unsaturated/α-hetero) is 1. The number of rotatable bonds is 6. The van der Waals surface area contributed by atoms with Crippen molar-refractivity contribution in [1.82, 2.24) is 0 Å². The molecule has 0 spiro atoms. The van der Waals surface area contributed by atoms with Crippen molar-refractivity contribution >= 4 is 46.5 Å². The predicted octanol–water partition coefficient (Wildman–Crippen LogP) is 3.60. The van der Waals surface area contributed by atoms with Crippen LogP contribution in [0.2, 0.25) is 5.02 Å². The van der Waals surface area contributed by atoms with E-state index in [-0.39, 0.29) is 51.6 Å². The molecule has 1 aliphatic heterocycles. The Balaban J connectivity index is 1.24. The minimum Gasteiger partial charge on any atom is -0.454 e. The number of halogens is 1. The lowest BCUT2D eigenvalue weighted by Crippen LogP contribution is -2.32. The number of amides is 2. The van der Waals surface area contributed by atoms with E-state index in [2.05, 4.69) is 0 Å². The highest BCUT2D eigenvalue weighted by molar-refractivity contribution is 6.32. The number of hydrogen-bond donors (Lipinski definition) is 0. The lowest BCUT2D eigenvalue weighted by Gasteiger charge is -2.17. The molecule has 172 valence electrons. The van der Waals surface area contributed by atoms with Crippen molar-refractivity contribution in [3.05, 3.63) is 80.9 Å². The van der Waals surface area contributed by atoms with Crippen molar-refractivity contribution in [2.24, 2.45) is 23.7 Å². The maximum absolute atomic E-state index is 12.9. The lowest BCUT2D eigenvalue weighted by atomic mass is 9.85. The van der Waals surface area contributed by atoms with Crippen LogP contribution in [-0.4, -0.2) is 35.1 Å². The molecule has 0 aromatic heterocycles. The Labute approximate surface area is 198 Å². The van der Waals surface area contributed by atoms with Crippen LogP contribution in [0.15, 0.2) is 54.6 Å². The highest BCUT2D eigenvalue weighted by Crippen LogP contribution is 2.53. The number of nitrogens with zero attached hydrogens (tertiary/aromatic N) is 2. The van der Waals surface area contributed by atoms with Crippen LogP contribution in [0.4, 0.5) is 11.4 Å². The number of ketones is 1. The fraction of sp³-hybridized carbons (Fsp3) is 0.250. The third-order valence-corrected chi connectivity index (χ3v) is 6.95. The standard InChI is InChI=1S/C24H17ClN2O7/c25-17-8-5-13(10-18(17)27(32)33)19(28)11-34-24(31)12-3-6-16(7-4-12)26-22(29)20-14-1-2-15(9-14)21(20)23(26)30/h1-8,10,14-15,20-21H,9,11H2/t14-,15-,20-,21-/m0/s1. The van der Waals surface area contributed by atoms with Crippen molar-refractivity contribution in [2.75, 3.05) is 11.5 Å². The highest BCUT2D eigenvalue weighted by atomic mass is 35.5. The SMILES string of the molecule is O=C(COC(=O)c1ccc(N2C(=O)[C@@H]3[C@@H](C2=O)[C@H]2C=C[C@H]3C2)cc1)c1ccc(Cl)c([N+](=O)[O-])c1. The summed E-state index contributed by atoms with van der Waals surface area (Å²) < 4.78 is 5.03. The molecular weight excluding hydrogens is 464 g/mol. The first-order chi connectivity index (χ1) is 16.3. The molecule has 1 saturated heterocycles. The van der Waals surface area contributed by atoms with Crippen LogP contribution in [0, 0.1) is 33.8 Å². The van der Waals surface area contributed by atoms with Crippen molar-refractivity contribution < 1.29 is 28.8 Å². The van der Waals surface area contributed by atoms with Gasteiger partial charge in [-0.3, -0.25) is 29.4 Å². The number of anilines is 1. The number of allylic oxidation sites excluding steroid dienone is 2. The van der Waals surface area contributed by atoms with Crippen molar-refractivity contribution in [2.45, 2.75) is 6.42 Å². The van der Waals surface area contributed by atoms with E-state index in [9.17, 15) is 29.3 Å². The van der Waals surface area contributed by atoms with Crippen molar-refractivity contribution in [1.29, 1.82) is 0 Å². The van der Waals surface area contributed by atoms with Gasteiger partial charge >= 0.3 is 5.97 Å². The summed E-state index contributed by atoms with van der Waals surface area (Å²) in [7, 11) is 0. The van der Waals surface area contributed by atoms with Gasteiger partial charge in [0.15, 0.2) is 6.61 Å². The van der Waals surface area contributed by atoms with Crippen LogP contribution in [0.5, 0.6) is 0 Å². The number of imide groups is 1. The molecule has 2 bridgehead atoms. The number of carbonyl (C=O) groups is 4. The van der Waals surface area contributed by atoms with Crippen molar-refractivity contribution in [3.8, 4) is 0 Å². The van der Waals surface area contributed by atoms with Gasteiger partial charge in [0.2, 0.25) is 17.6 Å². The molecule has 10 heteroatoms. The van der Waals surface area contributed by atoms with E-state index >= 15 is 0 Å². The molecule has 2 fully saturated rings. The maximum Gasteiger partial charge on any atom is 0.338 e. The second kappa shape index (κ2) is 8.18. The molecular formula is C24H17ClN2O7. The topological polar surface area (TPSA) is 124 Å². The normalized spacial score (nSPS) is 24.4. The van der Waals surface area contributed by atoms with Crippen LogP contribution in [0.3, 0.4) is 0 Å². The van der Waals surface area contributed by atoms with Gasteiger partial charge in [0.05, 0.1) is 28.0 Å². The highest BCUT2D eigenvalue weighted by Gasteiger charge is 2.59. The van der Waals surface area contributed by atoms with E-state index in [4.69, 9.17) is 16.3 Å². The van der Waals surface area contributed by atoms with Gasteiger partial charge in [0, 0.05) is 11.6 Å². The minimum atomic E-state index is -0.790. The predicted molar refractivity (Wildman–Crippen MR) is 119 cm³/mol. The Kier molecular flexibility index (Phi) is 5.28. The molecule has 5 rings (SSSR count). The van der Waals surface area contributed by atoms with Crippen LogP contribution in [0.1, 0.15) is 27.1 Å². The molecule has 2 aromatic rings. The molecule has 2 aromatic carbocycles. The van der Waals surface area contributed by atoms with E-state index < -0.39 is 29.0 Å².